The first-order valence-electron chi connectivity index (χ1n) is 9.77. The minimum atomic E-state index is -0.675. The quantitative estimate of drug-likeness (QED) is 0.764. The first-order chi connectivity index (χ1) is 12.2. The van der Waals surface area contributed by atoms with Gasteiger partial charge < -0.3 is 14.3 Å². The molecule has 4 heteroatoms. The van der Waals surface area contributed by atoms with Crippen LogP contribution < -0.4 is 0 Å². The molecule has 1 aromatic rings. The van der Waals surface area contributed by atoms with E-state index in [1.54, 1.807) is 6.26 Å². The second-order valence-electron chi connectivity index (χ2n) is 9.51. The molecular formula is C22H30O4. The summed E-state index contributed by atoms with van der Waals surface area (Å²) in [4.78, 5) is 11.9. The van der Waals surface area contributed by atoms with Crippen LogP contribution in [0.25, 0.3) is 5.57 Å². The Morgan fingerprint density at radius 2 is 2.08 bits per heavy atom. The second kappa shape index (κ2) is 5.72. The van der Waals surface area contributed by atoms with Crippen molar-refractivity contribution in [1.29, 1.82) is 0 Å². The minimum absolute atomic E-state index is 0.000556. The van der Waals surface area contributed by atoms with Gasteiger partial charge in [0.25, 0.3) is 0 Å². The molecule has 0 aromatic carbocycles. The van der Waals surface area contributed by atoms with E-state index >= 15 is 0 Å². The molecule has 4 nitrogen and oxygen atoms in total. The fraction of sp³-hybridized carbons (Fsp3) is 0.682. The lowest BCUT2D eigenvalue weighted by atomic mass is 9.43. The molecule has 0 aliphatic heterocycles. The van der Waals surface area contributed by atoms with Gasteiger partial charge in [0.1, 0.15) is 11.9 Å². The summed E-state index contributed by atoms with van der Waals surface area (Å²) in [7, 11) is 0. The predicted octanol–water partition coefficient (Wildman–Crippen LogP) is 4.22. The Hall–Kier alpha value is -1.55. The minimum Gasteiger partial charge on any atom is -0.469 e. The maximum atomic E-state index is 11.9. The summed E-state index contributed by atoms with van der Waals surface area (Å²) in [5.41, 5.74) is 1.93. The van der Waals surface area contributed by atoms with Gasteiger partial charge in [0, 0.05) is 24.8 Å². The van der Waals surface area contributed by atoms with Gasteiger partial charge in [0.05, 0.1) is 12.4 Å². The summed E-state index contributed by atoms with van der Waals surface area (Å²) in [5.74, 6) is 0.923. The summed E-state index contributed by atoms with van der Waals surface area (Å²) in [6, 6.07) is 1.95. The number of aliphatic hydroxyl groups is 1. The smallest absolute Gasteiger partial charge is 0.303 e. The lowest BCUT2D eigenvalue weighted by Gasteiger charge is -2.63. The van der Waals surface area contributed by atoms with Crippen LogP contribution in [0.2, 0.25) is 0 Å². The van der Waals surface area contributed by atoms with Crippen LogP contribution in [0.5, 0.6) is 0 Å². The molecule has 1 aromatic heterocycles. The van der Waals surface area contributed by atoms with Crippen molar-refractivity contribution in [3.05, 3.63) is 30.2 Å². The van der Waals surface area contributed by atoms with Crippen molar-refractivity contribution >= 4 is 11.5 Å². The summed E-state index contributed by atoms with van der Waals surface area (Å²) >= 11 is 0. The van der Waals surface area contributed by atoms with Crippen LogP contribution in [0, 0.1) is 28.6 Å². The van der Waals surface area contributed by atoms with Gasteiger partial charge in [0.15, 0.2) is 0 Å². The van der Waals surface area contributed by atoms with Gasteiger partial charge in [0.2, 0.25) is 0 Å². The maximum Gasteiger partial charge on any atom is 0.303 e. The largest absolute Gasteiger partial charge is 0.469 e. The molecule has 1 heterocycles. The van der Waals surface area contributed by atoms with E-state index in [0.29, 0.717) is 0 Å². The normalized spacial score (nSPS) is 41.0. The van der Waals surface area contributed by atoms with E-state index in [4.69, 9.17) is 9.15 Å². The Bertz CT molecular complexity index is 745. The summed E-state index contributed by atoms with van der Waals surface area (Å²) in [6.45, 7) is 12.6. The van der Waals surface area contributed by atoms with E-state index in [1.807, 2.05) is 6.07 Å². The number of furan rings is 1. The average molecular weight is 358 g/mol. The van der Waals surface area contributed by atoms with Gasteiger partial charge in [-0.3, -0.25) is 4.79 Å². The highest BCUT2D eigenvalue weighted by atomic mass is 16.6. The van der Waals surface area contributed by atoms with Crippen molar-refractivity contribution in [1.82, 2.24) is 0 Å². The van der Waals surface area contributed by atoms with E-state index in [-0.39, 0.29) is 34.6 Å². The van der Waals surface area contributed by atoms with Crippen LogP contribution >= 0.6 is 0 Å². The third kappa shape index (κ3) is 2.34. The third-order valence-electron chi connectivity index (χ3n) is 7.60. The first kappa shape index (κ1) is 17.8. The van der Waals surface area contributed by atoms with Crippen LogP contribution in [0.4, 0.5) is 0 Å². The number of ether oxygens (including phenoxy) is 1. The molecule has 0 spiro atoms. The fourth-order valence-corrected chi connectivity index (χ4v) is 6.74. The van der Waals surface area contributed by atoms with Gasteiger partial charge in [-0.2, -0.15) is 0 Å². The van der Waals surface area contributed by atoms with Crippen molar-refractivity contribution in [2.75, 3.05) is 0 Å². The summed E-state index contributed by atoms with van der Waals surface area (Å²) < 4.78 is 11.5. The van der Waals surface area contributed by atoms with Gasteiger partial charge in [-0.05, 0) is 47.1 Å². The number of carbonyl (C=O) groups is 1. The highest BCUT2D eigenvalue weighted by molar-refractivity contribution is 5.71. The van der Waals surface area contributed by atoms with Crippen LogP contribution in [-0.2, 0) is 16.0 Å². The molecule has 1 N–H and O–H groups in total. The number of rotatable bonds is 1. The highest BCUT2D eigenvalue weighted by Gasteiger charge is 2.64. The van der Waals surface area contributed by atoms with Gasteiger partial charge in [-0.1, -0.05) is 33.8 Å². The monoisotopic (exact) mass is 358 g/mol. The van der Waals surface area contributed by atoms with Gasteiger partial charge >= 0.3 is 5.97 Å². The van der Waals surface area contributed by atoms with Crippen molar-refractivity contribution in [2.45, 2.75) is 65.6 Å². The lowest BCUT2D eigenvalue weighted by Crippen LogP contribution is -2.64. The lowest BCUT2D eigenvalue weighted by molar-refractivity contribution is -0.214. The number of aliphatic hydroxyl groups excluding tert-OH is 1. The van der Waals surface area contributed by atoms with E-state index in [0.717, 1.165) is 42.6 Å². The second-order valence-corrected chi connectivity index (χ2v) is 9.51. The molecule has 0 amide bonds. The molecule has 2 fully saturated rings. The highest BCUT2D eigenvalue weighted by Crippen LogP contribution is 2.65. The molecule has 26 heavy (non-hydrogen) atoms. The number of hydrogen-bond donors (Lipinski definition) is 1. The zero-order valence-corrected chi connectivity index (χ0v) is 16.2. The topological polar surface area (TPSA) is 59.7 Å². The maximum absolute atomic E-state index is 11.9. The molecule has 0 unspecified atom stereocenters. The van der Waals surface area contributed by atoms with Gasteiger partial charge in [-0.25, -0.2) is 0 Å². The van der Waals surface area contributed by atoms with Crippen molar-refractivity contribution in [2.24, 2.45) is 28.6 Å². The van der Waals surface area contributed by atoms with Gasteiger partial charge in [-0.15, -0.1) is 0 Å². The van der Waals surface area contributed by atoms with E-state index < -0.39 is 12.2 Å². The number of hydrogen-bond acceptors (Lipinski definition) is 4. The molecule has 0 saturated heterocycles. The van der Waals surface area contributed by atoms with E-state index in [9.17, 15) is 9.90 Å². The standard InChI is InChI=1S/C22H30O4/c1-12-14-7-10-25-16(14)11-15-17(12)19(26-13(2)23)18(24)20-21(3,4)8-6-9-22(15,20)5/h7,10,15,17-20,24H,1,6,8-9,11H2,2-5H3/t15-,17-,18-,19+,20-,22+/m0/s1. The molecule has 6 atom stereocenters. The van der Waals surface area contributed by atoms with Crippen LogP contribution in [0.1, 0.15) is 58.3 Å². The van der Waals surface area contributed by atoms with Crippen molar-refractivity contribution in [3.63, 3.8) is 0 Å². The summed E-state index contributed by atoms with van der Waals surface area (Å²) in [5, 5.41) is 11.4. The third-order valence-corrected chi connectivity index (χ3v) is 7.60. The Labute approximate surface area is 155 Å². The molecule has 2 saturated carbocycles. The molecular weight excluding hydrogens is 328 g/mol. The van der Waals surface area contributed by atoms with E-state index in [2.05, 4.69) is 27.4 Å². The number of carbonyl (C=O) groups excluding carboxylic acids is 1. The fourth-order valence-electron chi connectivity index (χ4n) is 6.74. The van der Waals surface area contributed by atoms with Crippen molar-refractivity contribution < 1.29 is 19.1 Å². The molecule has 3 aliphatic carbocycles. The molecule has 0 bridgehead atoms. The van der Waals surface area contributed by atoms with E-state index in [1.165, 1.54) is 6.92 Å². The molecule has 3 aliphatic rings. The van der Waals surface area contributed by atoms with Crippen LogP contribution in [-0.4, -0.2) is 23.3 Å². The summed E-state index contributed by atoms with van der Waals surface area (Å²) in [6.07, 6.45) is 4.64. The first-order valence-corrected chi connectivity index (χ1v) is 9.77. The zero-order chi connectivity index (χ0) is 18.9. The number of esters is 1. The SMILES string of the molecule is C=C1c2ccoc2C[C@H]2[C@H]1[C@@H](OC(C)=O)[C@H](O)[C@H]1C(C)(C)CCC[C@]21C. The Morgan fingerprint density at radius 1 is 1.35 bits per heavy atom. The molecule has 0 radical (unpaired) electrons. The Morgan fingerprint density at radius 3 is 2.77 bits per heavy atom. The van der Waals surface area contributed by atoms with Crippen molar-refractivity contribution in [3.8, 4) is 0 Å². The van der Waals surface area contributed by atoms with Crippen LogP contribution in [0.3, 0.4) is 0 Å². The average Bonchev–Trinajstić information content (AvgIpc) is 2.99. The number of fused-ring (bicyclic) bond motifs is 4. The Balaban J connectivity index is 1.86. The molecule has 142 valence electrons. The van der Waals surface area contributed by atoms with Crippen LogP contribution in [0.15, 0.2) is 23.3 Å². The molecule has 4 rings (SSSR count). The zero-order valence-electron chi connectivity index (χ0n) is 16.2. The predicted molar refractivity (Wildman–Crippen MR) is 99.2 cm³/mol. The Kier molecular flexibility index (Phi) is 3.93.